The van der Waals surface area contributed by atoms with Gasteiger partial charge in [-0.15, -0.1) is 0 Å². The summed E-state index contributed by atoms with van der Waals surface area (Å²) in [4.78, 5) is 23.0. The molecular weight excluding hydrogens is 455 g/mol. The van der Waals surface area contributed by atoms with E-state index < -0.39 is 0 Å². The van der Waals surface area contributed by atoms with E-state index >= 15 is 0 Å². The molecule has 1 aliphatic carbocycles. The summed E-state index contributed by atoms with van der Waals surface area (Å²) >= 11 is 2.22. The number of hydrogen-bond donors (Lipinski definition) is 3. The molecule has 1 fully saturated rings. The molecular formula is C19H25IN6O. The Hall–Kier alpha value is -2.10. The Morgan fingerprint density at radius 1 is 1.11 bits per heavy atom. The highest BCUT2D eigenvalue weighted by atomic mass is 127. The predicted molar refractivity (Wildman–Crippen MR) is 117 cm³/mol. The van der Waals surface area contributed by atoms with E-state index in [1.165, 1.54) is 0 Å². The van der Waals surface area contributed by atoms with Gasteiger partial charge >= 0.3 is 6.03 Å². The molecule has 0 atom stereocenters. The van der Waals surface area contributed by atoms with Gasteiger partial charge in [0.05, 0.1) is 5.69 Å². The van der Waals surface area contributed by atoms with E-state index in [1.807, 2.05) is 49.3 Å². The van der Waals surface area contributed by atoms with Crippen molar-refractivity contribution in [2.75, 3.05) is 29.6 Å². The van der Waals surface area contributed by atoms with Crippen LogP contribution in [0.1, 0.15) is 25.7 Å². The number of anilines is 3. The molecule has 0 spiro atoms. The molecule has 8 heteroatoms. The average molecular weight is 480 g/mol. The third-order valence-corrected chi connectivity index (χ3v) is 5.56. The number of nitrogens with one attached hydrogen (secondary N) is 3. The highest BCUT2D eigenvalue weighted by Crippen LogP contribution is 2.22. The lowest BCUT2D eigenvalue weighted by Gasteiger charge is -2.29. The van der Waals surface area contributed by atoms with Crippen LogP contribution in [0.2, 0.25) is 0 Å². The van der Waals surface area contributed by atoms with Crippen LogP contribution in [-0.4, -0.2) is 42.2 Å². The van der Waals surface area contributed by atoms with Gasteiger partial charge in [-0.3, -0.25) is 0 Å². The molecule has 3 rings (SSSR count). The summed E-state index contributed by atoms with van der Waals surface area (Å²) in [6.07, 6.45) is 5.59. The number of hydrogen-bond acceptors (Lipinski definition) is 5. The quantitative estimate of drug-likeness (QED) is 0.569. The number of para-hydroxylation sites is 1. The molecule has 0 radical (unpaired) electrons. The Bertz CT molecular complexity index is 776. The molecule has 1 aromatic heterocycles. The second-order valence-electron chi connectivity index (χ2n) is 6.90. The Kier molecular flexibility index (Phi) is 6.70. The molecule has 1 aromatic carbocycles. The second kappa shape index (κ2) is 9.20. The first-order valence-electron chi connectivity index (χ1n) is 9.10. The van der Waals surface area contributed by atoms with E-state index in [0.29, 0.717) is 12.0 Å². The van der Waals surface area contributed by atoms with Gasteiger partial charge in [0.15, 0.2) is 0 Å². The number of amides is 2. The van der Waals surface area contributed by atoms with Crippen LogP contribution in [0.25, 0.3) is 0 Å². The number of nitrogens with zero attached hydrogens (tertiary/aromatic N) is 3. The molecule has 27 heavy (non-hydrogen) atoms. The molecule has 2 amide bonds. The molecule has 1 saturated carbocycles. The van der Waals surface area contributed by atoms with Crippen LogP contribution in [0.4, 0.5) is 22.2 Å². The third kappa shape index (κ3) is 5.69. The zero-order valence-electron chi connectivity index (χ0n) is 15.6. The zero-order chi connectivity index (χ0) is 19.2. The van der Waals surface area contributed by atoms with Gasteiger partial charge < -0.3 is 20.9 Å². The summed E-state index contributed by atoms with van der Waals surface area (Å²) in [6.45, 7) is 0. The van der Waals surface area contributed by atoms with Gasteiger partial charge in [0.2, 0.25) is 5.95 Å². The van der Waals surface area contributed by atoms with Crippen molar-refractivity contribution in [1.82, 2.24) is 15.3 Å². The molecule has 1 heterocycles. The van der Waals surface area contributed by atoms with E-state index in [4.69, 9.17) is 0 Å². The predicted octanol–water partition coefficient (Wildman–Crippen LogP) is 3.69. The van der Waals surface area contributed by atoms with Crippen LogP contribution in [0, 0.1) is 3.57 Å². The molecule has 0 aliphatic heterocycles. The fraction of sp³-hybridized carbons (Fsp3) is 0.421. The molecule has 0 saturated heterocycles. The van der Waals surface area contributed by atoms with Gasteiger partial charge in [0.25, 0.3) is 0 Å². The van der Waals surface area contributed by atoms with Crippen LogP contribution in [-0.2, 0) is 0 Å². The van der Waals surface area contributed by atoms with Gasteiger partial charge in [-0.25, -0.2) is 9.78 Å². The first-order chi connectivity index (χ1) is 13.0. The maximum atomic E-state index is 12.2. The zero-order valence-corrected chi connectivity index (χ0v) is 17.7. The first kappa shape index (κ1) is 19.7. The molecule has 0 bridgehead atoms. The van der Waals surface area contributed by atoms with Gasteiger partial charge in [0.1, 0.15) is 5.82 Å². The molecule has 3 N–H and O–H groups in total. The van der Waals surface area contributed by atoms with Gasteiger partial charge in [-0.1, -0.05) is 12.1 Å². The molecule has 1 aliphatic rings. The van der Waals surface area contributed by atoms with E-state index in [1.54, 1.807) is 6.20 Å². The molecule has 0 unspecified atom stereocenters. The highest BCUT2D eigenvalue weighted by Gasteiger charge is 2.23. The van der Waals surface area contributed by atoms with Crippen molar-refractivity contribution in [3.05, 3.63) is 40.1 Å². The van der Waals surface area contributed by atoms with Crippen molar-refractivity contribution in [2.45, 2.75) is 37.8 Å². The Labute approximate surface area is 173 Å². The van der Waals surface area contributed by atoms with Crippen LogP contribution >= 0.6 is 22.6 Å². The highest BCUT2D eigenvalue weighted by molar-refractivity contribution is 14.1. The average Bonchev–Trinajstić information content (AvgIpc) is 2.65. The van der Waals surface area contributed by atoms with Crippen molar-refractivity contribution < 1.29 is 4.79 Å². The van der Waals surface area contributed by atoms with E-state index in [2.05, 4.69) is 48.5 Å². The SMILES string of the molecule is CN(C)c1ccnc(NC2CCC(NC(=O)Nc3ccccc3I)CC2)n1. The van der Waals surface area contributed by atoms with Gasteiger partial charge in [0, 0.05) is 35.9 Å². The summed E-state index contributed by atoms with van der Waals surface area (Å²) in [7, 11) is 3.93. The maximum Gasteiger partial charge on any atom is 0.319 e. The minimum atomic E-state index is -0.141. The lowest BCUT2D eigenvalue weighted by Crippen LogP contribution is -2.42. The van der Waals surface area contributed by atoms with Crippen molar-refractivity contribution in [3.63, 3.8) is 0 Å². The van der Waals surface area contributed by atoms with Crippen LogP contribution in [0.5, 0.6) is 0 Å². The van der Waals surface area contributed by atoms with Crippen LogP contribution < -0.4 is 20.9 Å². The summed E-state index contributed by atoms with van der Waals surface area (Å²) in [5.74, 6) is 1.55. The Balaban J connectivity index is 1.45. The Morgan fingerprint density at radius 3 is 2.52 bits per heavy atom. The molecule has 7 nitrogen and oxygen atoms in total. The Morgan fingerprint density at radius 2 is 1.81 bits per heavy atom. The third-order valence-electron chi connectivity index (χ3n) is 4.62. The van der Waals surface area contributed by atoms with Crippen molar-refractivity contribution in [3.8, 4) is 0 Å². The second-order valence-corrected chi connectivity index (χ2v) is 8.07. The number of rotatable bonds is 5. The minimum absolute atomic E-state index is 0.141. The number of urea groups is 1. The summed E-state index contributed by atoms with van der Waals surface area (Å²) in [5, 5.41) is 9.43. The van der Waals surface area contributed by atoms with E-state index in [9.17, 15) is 4.79 Å². The number of carbonyl (C=O) groups excluding carboxylic acids is 1. The smallest absolute Gasteiger partial charge is 0.319 e. The van der Waals surface area contributed by atoms with E-state index in [-0.39, 0.29) is 12.1 Å². The maximum absolute atomic E-state index is 12.2. The van der Waals surface area contributed by atoms with Gasteiger partial charge in [-0.2, -0.15) is 4.98 Å². The van der Waals surface area contributed by atoms with E-state index in [0.717, 1.165) is 40.8 Å². The number of carbonyl (C=O) groups is 1. The number of benzene rings is 1. The topological polar surface area (TPSA) is 82.2 Å². The fourth-order valence-corrected chi connectivity index (χ4v) is 3.66. The molecule has 2 aromatic rings. The lowest BCUT2D eigenvalue weighted by molar-refractivity contribution is 0.243. The largest absolute Gasteiger partial charge is 0.363 e. The summed E-state index contributed by atoms with van der Waals surface area (Å²) in [5.41, 5.74) is 0.837. The monoisotopic (exact) mass is 480 g/mol. The van der Waals surface area contributed by atoms with Gasteiger partial charge in [-0.05, 0) is 66.5 Å². The minimum Gasteiger partial charge on any atom is -0.363 e. The summed E-state index contributed by atoms with van der Waals surface area (Å²) in [6, 6.07) is 10.0. The van der Waals surface area contributed by atoms with Crippen molar-refractivity contribution in [1.29, 1.82) is 0 Å². The van der Waals surface area contributed by atoms with Crippen molar-refractivity contribution in [2.24, 2.45) is 0 Å². The van der Waals surface area contributed by atoms with Crippen LogP contribution in [0.3, 0.4) is 0 Å². The first-order valence-corrected chi connectivity index (χ1v) is 10.2. The number of halogens is 1. The number of aromatic nitrogens is 2. The summed E-state index contributed by atoms with van der Waals surface area (Å²) < 4.78 is 1.03. The standard InChI is InChI=1S/C19H25IN6O/c1-26(2)17-11-12-21-18(25-17)22-13-7-9-14(10-8-13)23-19(27)24-16-6-4-3-5-15(16)20/h3-6,11-14H,7-10H2,1-2H3,(H,21,22,25)(H2,23,24,27). The van der Waals surface area contributed by atoms with Crippen LogP contribution in [0.15, 0.2) is 36.5 Å². The van der Waals surface area contributed by atoms with Crippen molar-refractivity contribution >= 4 is 46.1 Å². The fourth-order valence-electron chi connectivity index (χ4n) is 3.14. The lowest BCUT2D eigenvalue weighted by atomic mass is 9.91. The normalized spacial score (nSPS) is 19.2. The molecule has 144 valence electrons.